The maximum atomic E-state index is 13.1. The summed E-state index contributed by atoms with van der Waals surface area (Å²) in [6.07, 6.45) is 1.69. The molecule has 3 rings (SSSR count). The number of benzene rings is 1. The molecule has 1 aromatic carbocycles. The number of carbonyl (C=O) groups is 1. The predicted octanol–water partition coefficient (Wildman–Crippen LogP) is 1.25. The summed E-state index contributed by atoms with van der Waals surface area (Å²) in [5, 5.41) is 13.7. The predicted molar refractivity (Wildman–Crippen MR) is 76.7 cm³/mol. The standard InChI is InChI=1S/C15H16FN3O3/c16-12-2-1-11(9-14(12)20)13-3-4-19(17-13)10-15(21)18-5-7-22-8-6-18/h1-4,9,20H,5-8,10H2. The Morgan fingerprint density at radius 1 is 1.32 bits per heavy atom. The van der Waals surface area contributed by atoms with E-state index in [2.05, 4.69) is 5.10 Å². The van der Waals surface area contributed by atoms with E-state index in [1.165, 1.54) is 22.9 Å². The van der Waals surface area contributed by atoms with E-state index < -0.39 is 11.6 Å². The molecule has 6 nitrogen and oxygen atoms in total. The molecular formula is C15H16FN3O3. The first-order valence-electron chi connectivity index (χ1n) is 7.01. The fourth-order valence-electron chi connectivity index (χ4n) is 2.33. The van der Waals surface area contributed by atoms with Crippen LogP contribution in [0.4, 0.5) is 4.39 Å². The highest BCUT2D eigenvalue weighted by Crippen LogP contribution is 2.24. The molecule has 22 heavy (non-hydrogen) atoms. The summed E-state index contributed by atoms with van der Waals surface area (Å²) in [7, 11) is 0. The Morgan fingerprint density at radius 2 is 2.09 bits per heavy atom. The van der Waals surface area contributed by atoms with Crippen LogP contribution in [0.25, 0.3) is 11.3 Å². The van der Waals surface area contributed by atoms with Crippen LogP contribution in [0.1, 0.15) is 0 Å². The lowest BCUT2D eigenvalue weighted by atomic mass is 10.1. The van der Waals surface area contributed by atoms with Crippen LogP contribution in [-0.2, 0) is 16.1 Å². The highest BCUT2D eigenvalue weighted by Gasteiger charge is 2.17. The van der Waals surface area contributed by atoms with E-state index >= 15 is 0 Å². The molecule has 0 aliphatic carbocycles. The van der Waals surface area contributed by atoms with E-state index in [0.717, 1.165) is 0 Å². The monoisotopic (exact) mass is 305 g/mol. The van der Waals surface area contributed by atoms with Gasteiger partial charge in [-0.25, -0.2) is 4.39 Å². The molecule has 0 radical (unpaired) electrons. The molecule has 2 heterocycles. The average Bonchev–Trinajstić information content (AvgIpc) is 2.99. The molecule has 1 fully saturated rings. The quantitative estimate of drug-likeness (QED) is 0.927. The van der Waals surface area contributed by atoms with Crippen molar-refractivity contribution in [2.45, 2.75) is 6.54 Å². The number of morpholine rings is 1. The first kappa shape index (κ1) is 14.5. The lowest BCUT2D eigenvalue weighted by molar-refractivity contribution is -0.136. The van der Waals surface area contributed by atoms with Gasteiger partial charge in [-0.05, 0) is 24.3 Å². The first-order valence-corrected chi connectivity index (χ1v) is 7.01. The molecule has 1 aliphatic heterocycles. The maximum absolute atomic E-state index is 13.1. The van der Waals surface area contributed by atoms with Gasteiger partial charge in [-0.15, -0.1) is 0 Å². The van der Waals surface area contributed by atoms with Gasteiger partial charge in [0.05, 0.1) is 18.9 Å². The van der Waals surface area contributed by atoms with Crippen molar-refractivity contribution < 1.29 is 19.0 Å². The Kier molecular flexibility index (Phi) is 4.06. The number of nitrogens with zero attached hydrogens (tertiary/aromatic N) is 3. The fourth-order valence-corrected chi connectivity index (χ4v) is 2.33. The third-order valence-electron chi connectivity index (χ3n) is 3.54. The van der Waals surface area contributed by atoms with Crippen molar-refractivity contribution in [1.82, 2.24) is 14.7 Å². The minimum Gasteiger partial charge on any atom is -0.505 e. The van der Waals surface area contributed by atoms with Crippen LogP contribution in [0.15, 0.2) is 30.5 Å². The van der Waals surface area contributed by atoms with Crippen molar-refractivity contribution in [2.75, 3.05) is 26.3 Å². The third-order valence-corrected chi connectivity index (χ3v) is 3.54. The number of carbonyl (C=O) groups excluding carboxylic acids is 1. The molecule has 0 bridgehead atoms. The smallest absolute Gasteiger partial charge is 0.244 e. The van der Waals surface area contributed by atoms with E-state index in [1.54, 1.807) is 17.2 Å². The summed E-state index contributed by atoms with van der Waals surface area (Å²) in [5.74, 6) is -1.11. The van der Waals surface area contributed by atoms with Crippen LogP contribution in [-0.4, -0.2) is 52.0 Å². The lowest BCUT2D eigenvalue weighted by Crippen LogP contribution is -2.42. The van der Waals surface area contributed by atoms with Crippen LogP contribution in [0, 0.1) is 5.82 Å². The van der Waals surface area contributed by atoms with Crippen molar-refractivity contribution in [2.24, 2.45) is 0 Å². The van der Waals surface area contributed by atoms with E-state index in [9.17, 15) is 14.3 Å². The Morgan fingerprint density at radius 3 is 2.82 bits per heavy atom. The van der Waals surface area contributed by atoms with Gasteiger partial charge in [0.25, 0.3) is 0 Å². The van der Waals surface area contributed by atoms with Gasteiger partial charge < -0.3 is 14.7 Å². The largest absolute Gasteiger partial charge is 0.505 e. The molecule has 0 saturated carbocycles. The Labute approximate surface area is 126 Å². The molecule has 1 N–H and O–H groups in total. The molecule has 0 unspecified atom stereocenters. The molecular weight excluding hydrogens is 289 g/mol. The second-order valence-electron chi connectivity index (χ2n) is 5.06. The number of hydrogen-bond donors (Lipinski definition) is 1. The topological polar surface area (TPSA) is 67.6 Å². The second kappa shape index (κ2) is 6.15. The zero-order valence-electron chi connectivity index (χ0n) is 11.9. The molecule has 1 saturated heterocycles. The number of ether oxygens (including phenoxy) is 1. The number of aromatic nitrogens is 2. The summed E-state index contributed by atoms with van der Waals surface area (Å²) in [6.45, 7) is 2.46. The van der Waals surface area contributed by atoms with E-state index in [4.69, 9.17) is 4.74 Å². The van der Waals surface area contributed by atoms with Gasteiger partial charge >= 0.3 is 0 Å². The third kappa shape index (κ3) is 3.09. The van der Waals surface area contributed by atoms with Crippen LogP contribution < -0.4 is 0 Å². The van der Waals surface area contributed by atoms with E-state index in [-0.39, 0.29) is 12.5 Å². The molecule has 0 spiro atoms. The molecule has 116 valence electrons. The average molecular weight is 305 g/mol. The van der Waals surface area contributed by atoms with Gasteiger partial charge in [-0.2, -0.15) is 5.10 Å². The van der Waals surface area contributed by atoms with Crippen LogP contribution >= 0.6 is 0 Å². The number of phenolic OH excluding ortho intramolecular Hbond substituents is 1. The van der Waals surface area contributed by atoms with Crippen LogP contribution in [0.2, 0.25) is 0 Å². The first-order chi connectivity index (χ1) is 10.6. The van der Waals surface area contributed by atoms with Gasteiger partial charge in [0.2, 0.25) is 5.91 Å². The lowest BCUT2D eigenvalue weighted by Gasteiger charge is -2.26. The summed E-state index contributed by atoms with van der Waals surface area (Å²) in [4.78, 5) is 13.9. The van der Waals surface area contributed by atoms with Gasteiger partial charge in [0, 0.05) is 24.8 Å². The number of amides is 1. The summed E-state index contributed by atoms with van der Waals surface area (Å²) >= 11 is 0. The molecule has 1 aliphatic rings. The van der Waals surface area contributed by atoms with E-state index in [0.29, 0.717) is 37.6 Å². The number of hydrogen-bond acceptors (Lipinski definition) is 4. The summed E-state index contributed by atoms with van der Waals surface area (Å²) in [6, 6.07) is 5.75. The Bertz CT molecular complexity index is 680. The van der Waals surface area contributed by atoms with Gasteiger partial charge in [-0.1, -0.05) is 0 Å². The van der Waals surface area contributed by atoms with Gasteiger partial charge in [0.15, 0.2) is 11.6 Å². The number of aromatic hydroxyl groups is 1. The van der Waals surface area contributed by atoms with Crippen molar-refractivity contribution in [3.05, 3.63) is 36.3 Å². The van der Waals surface area contributed by atoms with Gasteiger partial charge in [-0.3, -0.25) is 9.48 Å². The second-order valence-corrected chi connectivity index (χ2v) is 5.06. The number of phenols is 1. The maximum Gasteiger partial charge on any atom is 0.244 e. The minimum absolute atomic E-state index is 0.0140. The van der Waals surface area contributed by atoms with Crippen LogP contribution in [0.3, 0.4) is 0 Å². The normalized spacial score (nSPS) is 15.0. The van der Waals surface area contributed by atoms with Crippen LogP contribution in [0.5, 0.6) is 5.75 Å². The zero-order valence-corrected chi connectivity index (χ0v) is 11.9. The Hall–Kier alpha value is -2.41. The van der Waals surface area contributed by atoms with Crippen molar-refractivity contribution in [3.63, 3.8) is 0 Å². The molecule has 2 aromatic rings. The van der Waals surface area contributed by atoms with Gasteiger partial charge in [0.1, 0.15) is 6.54 Å². The van der Waals surface area contributed by atoms with Crippen molar-refractivity contribution >= 4 is 5.91 Å². The summed E-state index contributed by atoms with van der Waals surface area (Å²) < 4.78 is 19.8. The molecule has 1 aromatic heterocycles. The summed E-state index contributed by atoms with van der Waals surface area (Å²) in [5.41, 5.74) is 1.17. The fraction of sp³-hybridized carbons (Fsp3) is 0.333. The van der Waals surface area contributed by atoms with Crippen molar-refractivity contribution in [1.29, 1.82) is 0 Å². The van der Waals surface area contributed by atoms with Crippen molar-refractivity contribution in [3.8, 4) is 17.0 Å². The Balaban J connectivity index is 1.70. The highest BCUT2D eigenvalue weighted by molar-refractivity contribution is 5.76. The molecule has 0 atom stereocenters. The highest BCUT2D eigenvalue weighted by atomic mass is 19.1. The molecule has 7 heteroatoms. The van der Waals surface area contributed by atoms with E-state index in [1.807, 2.05) is 0 Å². The molecule has 1 amide bonds. The minimum atomic E-state index is -0.675. The number of halogens is 1. The SMILES string of the molecule is O=C(Cn1ccc(-c2ccc(F)c(O)c2)n1)N1CCOCC1. The number of rotatable bonds is 3. The zero-order chi connectivity index (χ0) is 15.5.